The van der Waals surface area contributed by atoms with Gasteiger partial charge in [-0.1, -0.05) is 24.3 Å². The van der Waals surface area contributed by atoms with Crippen LogP contribution in [0.5, 0.6) is 0 Å². The van der Waals surface area contributed by atoms with Crippen LogP contribution < -0.4 is 0 Å². The van der Waals surface area contributed by atoms with Crippen molar-refractivity contribution in [1.29, 1.82) is 0 Å². The smallest absolute Gasteiger partial charge is 0.272 e. The van der Waals surface area contributed by atoms with E-state index in [-0.39, 0.29) is 5.91 Å². The molecule has 0 N–H and O–H groups in total. The lowest BCUT2D eigenvalue weighted by molar-refractivity contribution is 0.0679. The summed E-state index contributed by atoms with van der Waals surface area (Å²) in [5, 5.41) is 4.10. The Hall–Kier alpha value is -2.99. The van der Waals surface area contributed by atoms with Gasteiger partial charge in [0.1, 0.15) is 5.69 Å². The second kappa shape index (κ2) is 9.67. The van der Waals surface area contributed by atoms with Crippen LogP contribution >= 0.6 is 0 Å². The predicted octanol–water partition coefficient (Wildman–Crippen LogP) is 3.63. The molecule has 0 spiro atoms. The summed E-state index contributed by atoms with van der Waals surface area (Å²) < 4.78 is 7.45. The maximum atomic E-state index is 12.6. The number of rotatable bonds is 7. The van der Waals surface area contributed by atoms with Crippen molar-refractivity contribution in [2.45, 2.75) is 32.5 Å². The minimum Gasteiger partial charge on any atom is -0.372 e. The average Bonchev–Trinajstić information content (AvgIpc) is 3.22. The number of carbonyl (C=O) groups is 1. The summed E-state index contributed by atoms with van der Waals surface area (Å²) in [6.07, 6.45) is 8.39. The van der Waals surface area contributed by atoms with E-state index in [0.717, 1.165) is 37.9 Å². The van der Waals surface area contributed by atoms with Gasteiger partial charge in [0.15, 0.2) is 0 Å². The number of amides is 1. The van der Waals surface area contributed by atoms with E-state index in [9.17, 15) is 4.79 Å². The van der Waals surface area contributed by atoms with Gasteiger partial charge in [0.05, 0.1) is 13.2 Å². The van der Waals surface area contributed by atoms with E-state index in [1.54, 1.807) is 29.3 Å². The van der Waals surface area contributed by atoms with Gasteiger partial charge < -0.3 is 9.64 Å². The lowest BCUT2D eigenvalue weighted by Crippen LogP contribution is -2.39. The van der Waals surface area contributed by atoms with Crippen LogP contribution in [0.1, 0.15) is 40.0 Å². The molecule has 1 aliphatic heterocycles. The number of hydrogen-bond donors (Lipinski definition) is 0. The zero-order valence-corrected chi connectivity index (χ0v) is 17.4. The Kier molecular flexibility index (Phi) is 6.54. The van der Waals surface area contributed by atoms with Crippen molar-refractivity contribution < 1.29 is 9.53 Å². The summed E-state index contributed by atoms with van der Waals surface area (Å²) in [6.45, 7) is 2.84. The number of aryl methyl sites for hydroxylation is 1. The molecule has 0 saturated carbocycles. The highest BCUT2D eigenvalue weighted by Crippen LogP contribution is 2.23. The van der Waals surface area contributed by atoms with Gasteiger partial charge in [0, 0.05) is 38.7 Å². The standard InChI is InChI=1S/C24H28N4O2/c1-27-23(8-13-26-27)24(29)28-14-9-20(10-15-28)16-19-2-4-21(5-3-19)17-30-18-22-6-11-25-12-7-22/h2-8,11-13,20H,9-10,14-18H2,1H3. The van der Waals surface area contributed by atoms with E-state index in [1.165, 1.54) is 11.1 Å². The third kappa shape index (κ3) is 5.13. The fourth-order valence-electron chi connectivity index (χ4n) is 3.96. The Morgan fingerprint density at radius 3 is 2.20 bits per heavy atom. The first-order valence-electron chi connectivity index (χ1n) is 10.5. The van der Waals surface area contributed by atoms with Gasteiger partial charge in [-0.05, 0) is 60.1 Å². The Morgan fingerprint density at radius 2 is 1.57 bits per heavy atom. The molecule has 30 heavy (non-hydrogen) atoms. The Balaban J connectivity index is 1.21. The number of piperidine rings is 1. The number of hydrogen-bond acceptors (Lipinski definition) is 4. The largest absolute Gasteiger partial charge is 0.372 e. The number of likely N-dealkylation sites (tertiary alicyclic amines) is 1. The first-order chi connectivity index (χ1) is 14.7. The first-order valence-corrected chi connectivity index (χ1v) is 10.5. The number of pyridine rings is 1. The minimum absolute atomic E-state index is 0.0876. The van der Waals surface area contributed by atoms with Gasteiger partial charge in [-0.15, -0.1) is 0 Å². The molecule has 1 aliphatic rings. The van der Waals surface area contributed by atoms with Crippen LogP contribution in [0.4, 0.5) is 0 Å². The van der Waals surface area contributed by atoms with Gasteiger partial charge in [-0.25, -0.2) is 0 Å². The SMILES string of the molecule is Cn1nccc1C(=O)N1CCC(Cc2ccc(COCc3ccncc3)cc2)CC1. The van der Waals surface area contributed by atoms with Crippen LogP contribution in [0.25, 0.3) is 0 Å². The molecule has 1 aromatic carbocycles. The molecule has 3 aromatic rings. The molecule has 1 fully saturated rings. The van der Waals surface area contributed by atoms with Crippen molar-refractivity contribution in [3.8, 4) is 0 Å². The van der Waals surface area contributed by atoms with Gasteiger partial charge in [0.2, 0.25) is 0 Å². The highest BCUT2D eigenvalue weighted by molar-refractivity contribution is 5.92. The Labute approximate surface area is 177 Å². The molecule has 6 heteroatoms. The van der Waals surface area contributed by atoms with Crippen LogP contribution in [0.3, 0.4) is 0 Å². The van der Waals surface area contributed by atoms with E-state index < -0.39 is 0 Å². The van der Waals surface area contributed by atoms with Crippen LogP contribution in [-0.2, 0) is 31.4 Å². The highest BCUT2D eigenvalue weighted by atomic mass is 16.5. The molecule has 3 heterocycles. The number of aromatic nitrogens is 3. The number of carbonyl (C=O) groups excluding carboxylic acids is 1. The highest BCUT2D eigenvalue weighted by Gasteiger charge is 2.25. The van der Waals surface area contributed by atoms with Crippen molar-refractivity contribution in [1.82, 2.24) is 19.7 Å². The lowest BCUT2D eigenvalue weighted by Gasteiger charge is -2.32. The number of ether oxygens (including phenoxy) is 1. The van der Waals surface area contributed by atoms with Crippen molar-refractivity contribution in [2.75, 3.05) is 13.1 Å². The zero-order valence-electron chi connectivity index (χ0n) is 17.4. The summed E-state index contributed by atoms with van der Waals surface area (Å²) in [7, 11) is 1.81. The Morgan fingerprint density at radius 1 is 0.933 bits per heavy atom. The summed E-state index contributed by atoms with van der Waals surface area (Å²) in [5.74, 6) is 0.707. The van der Waals surface area contributed by atoms with Crippen molar-refractivity contribution >= 4 is 5.91 Å². The lowest BCUT2D eigenvalue weighted by atomic mass is 9.90. The van der Waals surface area contributed by atoms with E-state index >= 15 is 0 Å². The molecular weight excluding hydrogens is 376 g/mol. The molecule has 0 bridgehead atoms. The predicted molar refractivity (Wildman–Crippen MR) is 115 cm³/mol. The van der Waals surface area contributed by atoms with Crippen LogP contribution in [0.2, 0.25) is 0 Å². The average molecular weight is 405 g/mol. The third-order valence-electron chi connectivity index (χ3n) is 5.78. The number of nitrogens with zero attached hydrogens (tertiary/aromatic N) is 4. The van der Waals surface area contributed by atoms with Gasteiger partial charge in [-0.2, -0.15) is 5.10 Å². The second-order valence-corrected chi connectivity index (χ2v) is 7.94. The molecule has 4 rings (SSSR count). The quantitative estimate of drug-likeness (QED) is 0.603. The van der Waals surface area contributed by atoms with E-state index in [1.807, 2.05) is 24.1 Å². The maximum absolute atomic E-state index is 12.6. The van der Waals surface area contributed by atoms with E-state index in [4.69, 9.17) is 4.74 Å². The summed E-state index contributed by atoms with van der Waals surface area (Å²) in [6, 6.07) is 14.5. The van der Waals surface area contributed by atoms with Gasteiger partial charge >= 0.3 is 0 Å². The van der Waals surface area contributed by atoms with Crippen molar-refractivity contribution in [3.63, 3.8) is 0 Å². The maximum Gasteiger partial charge on any atom is 0.272 e. The fourth-order valence-corrected chi connectivity index (χ4v) is 3.96. The van der Waals surface area contributed by atoms with Crippen LogP contribution in [-0.4, -0.2) is 38.7 Å². The third-order valence-corrected chi connectivity index (χ3v) is 5.78. The van der Waals surface area contributed by atoms with Crippen molar-refractivity contribution in [2.24, 2.45) is 13.0 Å². The first kappa shape index (κ1) is 20.3. The molecule has 0 atom stereocenters. The van der Waals surface area contributed by atoms with Crippen LogP contribution in [0, 0.1) is 5.92 Å². The monoisotopic (exact) mass is 404 g/mol. The second-order valence-electron chi connectivity index (χ2n) is 7.94. The zero-order chi connectivity index (χ0) is 20.8. The summed E-state index contributed by atoms with van der Waals surface area (Å²) in [5.41, 5.74) is 4.33. The molecular formula is C24H28N4O2. The molecule has 6 nitrogen and oxygen atoms in total. The summed E-state index contributed by atoms with van der Waals surface area (Å²) in [4.78, 5) is 18.6. The van der Waals surface area contributed by atoms with Crippen LogP contribution in [0.15, 0.2) is 61.1 Å². The normalized spacial score (nSPS) is 14.8. The molecule has 0 unspecified atom stereocenters. The van der Waals surface area contributed by atoms with E-state index in [2.05, 4.69) is 34.3 Å². The topological polar surface area (TPSA) is 60.2 Å². The molecule has 2 aromatic heterocycles. The molecule has 0 radical (unpaired) electrons. The fraction of sp³-hybridized carbons (Fsp3) is 0.375. The van der Waals surface area contributed by atoms with Gasteiger partial charge in [-0.3, -0.25) is 14.5 Å². The summed E-state index contributed by atoms with van der Waals surface area (Å²) >= 11 is 0. The Bertz CT molecular complexity index is 945. The minimum atomic E-state index is 0.0876. The molecule has 156 valence electrons. The molecule has 0 aliphatic carbocycles. The van der Waals surface area contributed by atoms with E-state index in [0.29, 0.717) is 24.8 Å². The molecule has 1 saturated heterocycles. The number of benzene rings is 1. The van der Waals surface area contributed by atoms with Crippen molar-refractivity contribution in [3.05, 3.63) is 83.4 Å². The molecule has 1 amide bonds. The van der Waals surface area contributed by atoms with Gasteiger partial charge in [0.25, 0.3) is 5.91 Å².